The molecule has 0 atom stereocenters. The molecule has 0 spiro atoms. The van der Waals surface area contributed by atoms with Crippen LogP contribution in [0, 0.1) is 11.8 Å². The van der Waals surface area contributed by atoms with Gasteiger partial charge in [0.1, 0.15) is 16.3 Å². The molecule has 11 heteroatoms. The van der Waals surface area contributed by atoms with E-state index in [1.54, 1.807) is 18.2 Å². The van der Waals surface area contributed by atoms with Gasteiger partial charge in [-0.15, -0.1) is 0 Å². The van der Waals surface area contributed by atoms with E-state index >= 15 is 0 Å². The minimum Gasteiger partial charge on any atom is -0.450 e. The molecule has 0 radical (unpaired) electrons. The highest BCUT2D eigenvalue weighted by atomic mass is 35.5. The Kier molecular flexibility index (Phi) is 5.27. The molecule has 1 aliphatic rings. The zero-order chi connectivity index (χ0) is 21.3. The molecule has 2 heterocycles. The monoisotopic (exact) mass is 450 g/mol. The zero-order valence-electron chi connectivity index (χ0n) is 15.1. The van der Waals surface area contributed by atoms with E-state index in [2.05, 4.69) is 20.0 Å². The summed E-state index contributed by atoms with van der Waals surface area (Å²) in [7, 11) is -4.08. The van der Waals surface area contributed by atoms with Crippen LogP contribution in [0.3, 0.4) is 0 Å². The van der Waals surface area contributed by atoms with Gasteiger partial charge < -0.3 is 10.1 Å². The summed E-state index contributed by atoms with van der Waals surface area (Å²) in [6.45, 7) is -0.199. The van der Waals surface area contributed by atoms with Crippen LogP contribution in [0.15, 0.2) is 64.6 Å². The van der Waals surface area contributed by atoms with Gasteiger partial charge >= 0.3 is 0 Å². The maximum Gasteiger partial charge on any atom is 0.266 e. The van der Waals surface area contributed by atoms with Gasteiger partial charge in [-0.1, -0.05) is 29.8 Å². The number of sulfonamides is 1. The SMILES string of the molecule is O=S1(=O)NC(=NCc2cccnc2F)Nc2c1ccc(F)c2Oc1ccccc1Cl. The maximum atomic E-state index is 14.6. The standard InChI is InChI=1S/C19H13ClF2N4O3S/c20-12-5-1-2-6-14(12)29-17-13(21)7-8-15-16(17)25-19(26-30(15,27)28)24-10-11-4-3-9-23-18(11)22/h1-9H,10H2,(H2,24,25,26). The number of halogens is 3. The van der Waals surface area contributed by atoms with Gasteiger partial charge in [0.05, 0.1) is 11.6 Å². The molecule has 0 bridgehead atoms. The highest BCUT2D eigenvalue weighted by molar-refractivity contribution is 7.90. The molecule has 0 aliphatic carbocycles. The average Bonchev–Trinajstić information content (AvgIpc) is 2.70. The van der Waals surface area contributed by atoms with Gasteiger partial charge in [-0.25, -0.2) is 27.5 Å². The van der Waals surface area contributed by atoms with Gasteiger partial charge in [-0.05, 0) is 30.3 Å². The Hall–Kier alpha value is -3.24. The van der Waals surface area contributed by atoms with E-state index in [0.717, 1.165) is 12.1 Å². The lowest BCUT2D eigenvalue weighted by Gasteiger charge is -2.24. The van der Waals surface area contributed by atoms with E-state index in [0.29, 0.717) is 0 Å². The molecule has 154 valence electrons. The van der Waals surface area contributed by atoms with Crippen molar-refractivity contribution in [2.45, 2.75) is 11.4 Å². The number of pyridine rings is 1. The summed E-state index contributed by atoms with van der Waals surface area (Å²) in [5.74, 6) is -1.99. The second kappa shape index (κ2) is 7.88. The largest absolute Gasteiger partial charge is 0.450 e. The molecule has 0 saturated heterocycles. The van der Waals surface area contributed by atoms with E-state index in [9.17, 15) is 17.2 Å². The lowest BCUT2D eigenvalue weighted by Crippen LogP contribution is -2.41. The first kappa shape index (κ1) is 20.0. The number of para-hydroxylation sites is 1. The van der Waals surface area contributed by atoms with Crippen LogP contribution in [0.5, 0.6) is 11.5 Å². The fourth-order valence-corrected chi connectivity index (χ4v) is 4.03. The van der Waals surface area contributed by atoms with Crippen molar-refractivity contribution >= 4 is 33.3 Å². The third kappa shape index (κ3) is 3.91. The van der Waals surface area contributed by atoms with Gasteiger partial charge in [-0.3, -0.25) is 0 Å². The summed E-state index contributed by atoms with van der Waals surface area (Å²) in [6, 6.07) is 11.4. The fraction of sp³-hybridized carbons (Fsp3) is 0.0526. The summed E-state index contributed by atoms with van der Waals surface area (Å²) in [4.78, 5) is 7.31. The van der Waals surface area contributed by atoms with Crippen LogP contribution < -0.4 is 14.8 Å². The lowest BCUT2D eigenvalue weighted by molar-refractivity contribution is 0.443. The molecular weight excluding hydrogens is 438 g/mol. The lowest BCUT2D eigenvalue weighted by atomic mass is 10.2. The van der Waals surface area contributed by atoms with Crippen LogP contribution in [-0.2, 0) is 16.6 Å². The summed E-state index contributed by atoms with van der Waals surface area (Å²) in [5, 5.41) is 2.92. The van der Waals surface area contributed by atoms with E-state index in [1.165, 1.54) is 24.4 Å². The van der Waals surface area contributed by atoms with Gasteiger partial charge in [0, 0.05) is 11.8 Å². The Morgan fingerprint density at radius 1 is 1.10 bits per heavy atom. The Morgan fingerprint density at radius 2 is 1.90 bits per heavy atom. The molecule has 1 aliphatic heterocycles. The van der Waals surface area contributed by atoms with Crippen molar-refractivity contribution in [2.24, 2.45) is 4.99 Å². The van der Waals surface area contributed by atoms with Crippen LogP contribution in [0.1, 0.15) is 5.56 Å². The van der Waals surface area contributed by atoms with Crippen LogP contribution in [-0.4, -0.2) is 19.4 Å². The molecule has 0 saturated carbocycles. The van der Waals surface area contributed by atoms with Crippen molar-refractivity contribution in [3.8, 4) is 11.5 Å². The number of guanidine groups is 1. The molecular formula is C19H13ClF2N4O3S. The van der Waals surface area contributed by atoms with Crippen molar-refractivity contribution in [1.82, 2.24) is 9.71 Å². The quantitative estimate of drug-likeness (QED) is 0.585. The van der Waals surface area contributed by atoms with Crippen LogP contribution in [0.25, 0.3) is 0 Å². The van der Waals surface area contributed by atoms with Crippen LogP contribution in [0.2, 0.25) is 5.02 Å². The molecule has 3 aromatic rings. The highest BCUT2D eigenvalue weighted by Crippen LogP contribution is 2.40. The molecule has 1 aromatic heterocycles. The van der Waals surface area contributed by atoms with E-state index in [-0.39, 0.29) is 45.2 Å². The number of nitrogens with zero attached hydrogens (tertiary/aromatic N) is 2. The number of hydrogen-bond donors (Lipinski definition) is 2. The molecule has 4 rings (SSSR count). The number of hydrogen-bond acceptors (Lipinski definition) is 5. The second-order valence-electron chi connectivity index (χ2n) is 6.13. The summed E-state index contributed by atoms with van der Waals surface area (Å²) in [6.07, 6.45) is 1.28. The minimum atomic E-state index is -4.08. The number of anilines is 1. The van der Waals surface area contributed by atoms with Crippen molar-refractivity contribution in [3.63, 3.8) is 0 Å². The first-order valence-electron chi connectivity index (χ1n) is 8.54. The first-order valence-corrected chi connectivity index (χ1v) is 10.4. The maximum absolute atomic E-state index is 14.6. The van der Waals surface area contributed by atoms with E-state index in [1.807, 2.05) is 0 Å². The Balaban J connectivity index is 1.74. The summed E-state index contributed by atoms with van der Waals surface area (Å²) in [5.41, 5.74) is 0.00246. The minimum absolute atomic E-state index is 0.139. The second-order valence-corrected chi connectivity index (χ2v) is 8.19. The number of aliphatic imine (C=N–C) groups is 1. The van der Waals surface area contributed by atoms with Gasteiger partial charge in [0.25, 0.3) is 10.0 Å². The normalized spacial score (nSPS) is 15.8. The molecule has 0 fully saturated rings. The third-order valence-electron chi connectivity index (χ3n) is 4.13. The average molecular weight is 451 g/mol. The Morgan fingerprint density at radius 3 is 2.67 bits per heavy atom. The van der Waals surface area contributed by atoms with Gasteiger partial charge in [0.2, 0.25) is 11.9 Å². The van der Waals surface area contributed by atoms with Crippen molar-refractivity contribution in [1.29, 1.82) is 0 Å². The number of rotatable bonds is 4. The summed E-state index contributed by atoms with van der Waals surface area (Å²) < 4.78 is 61.3. The first-order chi connectivity index (χ1) is 14.3. The van der Waals surface area contributed by atoms with Crippen molar-refractivity contribution in [2.75, 3.05) is 5.32 Å². The topological polar surface area (TPSA) is 92.7 Å². The number of fused-ring (bicyclic) bond motifs is 1. The number of aromatic nitrogens is 1. The predicted octanol–water partition coefficient (Wildman–Crippen LogP) is 4.07. The predicted molar refractivity (Wildman–Crippen MR) is 107 cm³/mol. The molecule has 2 N–H and O–H groups in total. The Bertz CT molecular complexity index is 1270. The van der Waals surface area contributed by atoms with E-state index < -0.39 is 21.8 Å². The fourth-order valence-electron chi connectivity index (χ4n) is 2.72. The smallest absolute Gasteiger partial charge is 0.266 e. The molecule has 7 nitrogen and oxygen atoms in total. The Labute approximate surface area is 175 Å². The van der Waals surface area contributed by atoms with Crippen LogP contribution in [0.4, 0.5) is 14.5 Å². The van der Waals surface area contributed by atoms with Crippen molar-refractivity contribution < 1.29 is 21.9 Å². The van der Waals surface area contributed by atoms with E-state index in [4.69, 9.17) is 16.3 Å². The number of nitrogens with one attached hydrogen (secondary N) is 2. The molecule has 0 amide bonds. The highest BCUT2D eigenvalue weighted by Gasteiger charge is 2.31. The molecule has 2 aromatic carbocycles. The molecule has 0 unspecified atom stereocenters. The zero-order valence-corrected chi connectivity index (χ0v) is 16.6. The number of ether oxygens (including phenoxy) is 1. The van der Waals surface area contributed by atoms with Gasteiger partial charge in [-0.2, -0.15) is 4.39 Å². The summed E-state index contributed by atoms with van der Waals surface area (Å²) >= 11 is 6.06. The molecule has 30 heavy (non-hydrogen) atoms. The van der Waals surface area contributed by atoms with Crippen molar-refractivity contribution in [3.05, 3.63) is 77.1 Å². The third-order valence-corrected chi connectivity index (χ3v) is 5.82. The number of benzene rings is 2. The van der Waals surface area contributed by atoms with Crippen LogP contribution >= 0.6 is 11.6 Å². The van der Waals surface area contributed by atoms with Gasteiger partial charge in [0.15, 0.2) is 11.6 Å².